The molecule has 0 aliphatic carbocycles. The molecule has 11 heavy (non-hydrogen) atoms. The summed E-state index contributed by atoms with van der Waals surface area (Å²) in [6.07, 6.45) is 1.46. The number of alkyl halides is 1. The Kier molecular flexibility index (Phi) is 3.02. The van der Waals surface area contributed by atoms with E-state index >= 15 is 0 Å². The quantitative estimate of drug-likeness (QED) is 0.446. The molecule has 0 aromatic carbocycles. The number of ketones is 1. The number of pyridine rings is 1. The van der Waals surface area contributed by atoms with Crippen molar-refractivity contribution in [2.45, 2.75) is 0 Å². The van der Waals surface area contributed by atoms with Gasteiger partial charge in [-0.05, 0) is 12.1 Å². The number of halogens is 2. The van der Waals surface area contributed by atoms with Crippen molar-refractivity contribution in [3.63, 3.8) is 0 Å². The van der Waals surface area contributed by atoms with Crippen molar-refractivity contribution in [1.82, 2.24) is 4.98 Å². The third kappa shape index (κ3) is 2.27. The van der Waals surface area contributed by atoms with Gasteiger partial charge >= 0.3 is 0 Å². The lowest BCUT2D eigenvalue weighted by Crippen LogP contribution is -1.99. The molecule has 0 spiro atoms. The lowest BCUT2D eigenvalue weighted by Gasteiger charge is -1.94. The minimum Gasteiger partial charge on any atom is -0.293 e. The number of nitrogens with zero attached hydrogens (tertiary/aromatic N) is 1. The van der Waals surface area contributed by atoms with Gasteiger partial charge in [0.05, 0.1) is 5.33 Å². The van der Waals surface area contributed by atoms with Gasteiger partial charge in [-0.15, -0.1) is 0 Å². The zero-order valence-corrected chi connectivity index (χ0v) is 7.89. The first-order valence-corrected chi connectivity index (χ1v) is 4.44. The van der Waals surface area contributed by atoms with Crippen molar-refractivity contribution in [2.24, 2.45) is 0 Å². The van der Waals surface area contributed by atoms with Crippen LogP contribution in [0.3, 0.4) is 0 Å². The Morgan fingerprint density at radius 3 is 2.82 bits per heavy atom. The van der Waals surface area contributed by atoms with Gasteiger partial charge in [-0.1, -0.05) is 27.5 Å². The van der Waals surface area contributed by atoms with E-state index in [1.807, 2.05) is 0 Å². The summed E-state index contributed by atoms with van der Waals surface area (Å²) in [6.45, 7) is 0. The molecule has 2 nitrogen and oxygen atoms in total. The molecule has 0 saturated carbocycles. The molecule has 0 aliphatic rings. The van der Waals surface area contributed by atoms with E-state index < -0.39 is 0 Å². The Bertz CT molecular complexity index is 260. The molecule has 0 fully saturated rings. The maximum Gasteiger partial charge on any atom is 0.174 e. The SMILES string of the molecule is O=C(CBr)c1ccc(Cl)nc1. The van der Waals surface area contributed by atoms with Crippen LogP contribution in [-0.2, 0) is 0 Å². The van der Waals surface area contributed by atoms with Gasteiger partial charge in [0.15, 0.2) is 5.78 Å². The maximum absolute atomic E-state index is 11.0. The highest BCUT2D eigenvalue weighted by Crippen LogP contribution is 2.06. The van der Waals surface area contributed by atoms with Crippen molar-refractivity contribution in [2.75, 3.05) is 5.33 Å². The molecule has 0 atom stereocenters. The lowest BCUT2D eigenvalue weighted by molar-refractivity contribution is 0.102. The number of Topliss-reactive ketones (excluding diaryl/α,β-unsaturated/α-hetero) is 1. The summed E-state index contributed by atoms with van der Waals surface area (Å²) in [5, 5.41) is 0.715. The summed E-state index contributed by atoms with van der Waals surface area (Å²) < 4.78 is 0. The molecule has 0 N–H and O–H groups in total. The molecule has 1 heterocycles. The van der Waals surface area contributed by atoms with Gasteiger partial charge in [0.1, 0.15) is 5.15 Å². The van der Waals surface area contributed by atoms with Crippen LogP contribution >= 0.6 is 27.5 Å². The van der Waals surface area contributed by atoms with Crippen LogP contribution in [0.25, 0.3) is 0 Å². The first-order chi connectivity index (χ1) is 5.24. The number of carbonyl (C=O) groups excluding carboxylic acids is 1. The second kappa shape index (κ2) is 3.83. The Morgan fingerprint density at radius 1 is 1.64 bits per heavy atom. The summed E-state index contributed by atoms with van der Waals surface area (Å²) in [5.74, 6) is 0.00849. The van der Waals surface area contributed by atoms with E-state index in [1.165, 1.54) is 6.20 Å². The van der Waals surface area contributed by atoms with E-state index in [9.17, 15) is 4.79 Å². The highest BCUT2D eigenvalue weighted by Gasteiger charge is 2.02. The monoisotopic (exact) mass is 233 g/mol. The lowest BCUT2D eigenvalue weighted by atomic mass is 10.2. The maximum atomic E-state index is 11.0. The predicted molar refractivity (Wildman–Crippen MR) is 47.4 cm³/mol. The van der Waals surface area contributed by atoms with Gasteiger partial charge < -0.3 is 0 Å². The highest BCUT2D eigenvalue weighted by atomic mass is 79.9. The molecule has 0 unspecified atom stereocenters. The van der Waals surface area contributed by atoms with Crippen LogP contribution < -0.4 is 0 Å². The molecule has 58 valence electrons. The molecule has 0 aliphatic heterocycles. The standard InChI is InChI=1S/C7H5BrClNO/c8-3-6(11)5-1-2-7(9)10-4-5/h1-2,4H,3H2. The highest BCUT2D eigenvalue weighted by molar-refractivity contribution is 9.09. The Morgan fingerprint density at radius 2 is 2.36 bits per heavy atom. The van der Waals surface area contributed by atoms with Gasteiger partial charge in [0, 0.05) is 11.8 Å². The second-order valence-corrected chi connectivity index (χ2v) is 2.87. The number of carbonyl (C=O) groups is 1. The Balaban J connectivity index is 2.90. The van der Waals surface area contributed by atoms with Crippen molar-refractivity contribution in [1.29, 1.82) is 0 Å². The second-order valence-electron chi connectivity index (χ2n) is 1.93. The third-order valence-electron chi connectivity index (χ3n) is 1.17. The van der Waals surface area contributed by atoms with Crippen molar-refractivity contribution in [3.8, 4) is 0 Å². The number of rotatable bonds is 2. The average Bonchev–Trinajstić information content (AvgIpc) is 2.05. The molecule has 1 rings (SSSR count). The van der Waals surface area contributed by atoms with Crippen LogP contribution in [0.5, 0.6) is 0 Å². The zero-order valence-electron chi connectivity index (χ0n) is 5.55. The zero-order chi connectivity index (χ0) is 8.27. The normalized spacial score (nSPS) is 9.64. The van der Waals surface area contributed by atoms with Gasteiger partial charge in [0.25, 0.3) is 0 Å². The van der Waals surface area contributed by atoms with Crippen molar-refractivity contribution < 1.29 is 4.79 Å². The fourth-order valence-electron chi connectivity index (χ4n) is 0.618. The van der Waals surface area contributed by atoms with Gasteiger partial charge in [-0.2, -0.15) is 0 Å². The van der Waals surface area contributed by atoms with Crippen molar-refractivity contribution in [3.05, 3.63) is 29.0 Å². The van der Waals surface area contributed by atoms with Gasteiger partial charge in [0.2, 0.25) is 0 Å². The van der Waals surface area contributed by atoms with E-state index in [1.54, 1.807) is 12.1 Å². The van der Waals surface area contributed by atoms with Crippen LogP contribution in [0.4, 0.5) is 0 Å². The smallest absolute Gasteiger partial charge is 0.174 e. The van der Waals surface area contributed by atoms with E-state index in [0.717, 1.165) is 0 Å². The van der Waals surface area contributed by atoms with Crippen molar-refractivity contribution >= 4 is 33.3 Å². The molecule has 1 aromatic heterocycles. The van der Waals surface area contributed by atoms with Crippen LogP contribution in [0, 0.1) is 0 Å². The third-order valence-corrected chi connectivity index (χ3v) is 1.90. The summed E-state index contributed by atoms with van der Waals surface area (Å²) in [4.78, 5) is 14.8. The van der Waals surface area contributed by atoms with E-state index in [4.69, 9.17) is 11.6 Å². The first-order valence-electron chi connectivity index (χ1n) is 2.95. The van der Waals surface area contributed by atoms with E-state index in [0.29, 0.717) is 16.0 Å². The van der Waals surface area contributed by atoms with Crippen LogP contribution in [0.2, 0.25) is 5.15 Å². The largest absolute Gasteiger partial charge is 0.293 e. The molecular weight excluding hydrogens is 229 g/mol. The minimum atomic E-state index is 0.00849. The molecule has 4 heteroatoms. The number of hydrogen-bond acceptors (Lipinski definition) is 2. The van der Waals surface area contributed by atoms with Crippen LogP contribution in [0.1, 0.15) is 10.4 Å². The molecule has 0 radical (unpaired) electrons. The van der Waals surface area contributed by atoms with Gasteiger partial charge in [-0.3, -0.25) is 4.79 Å². The molecule has 1 aromatic rings. The first kappa shape index (κ1) is 8.68. The predicted octanol–water partition coefficient (Wildman–Crippen LogP) is 2.31. The fraction of sp³-hybridized carbons (Fsp3) is 0.143. The summed E-state index contributed by atoms with van der Waals surface area (Å²) in [6, 6.07) is 3.25. The fourth-order valence-corrected chi connectivity index (χ4v) is 1.05. The average molecular weight is 234 g/mol. The minimum absolute atomic E-state index is 0.00849. The topological polar surface area (TPSA) is 30.0 Å². The van der Waals surface area contributed by atoms with Crippen LogP contribution in [0.15, 0.2) is 18.3 Å². The summed E-state index contributed by atoms with van der Waals surface area (Å²) in [5.41, 5.74) is 0.575. The number of hydrogen-bond donors (Lipinski definition) is 0. The summed E-state index contributed by atoms with van der Waals surface area (Å²) >= 11 is 8.59. The molecule has 0 bridgehead atoms. The Hall–Kier alpha value is -0.410. The Labute approximate surface area is 77.7 Å². The molecular formula is C7H5BrClNO. The van der Waals surface area contributed by atoms with E-state index in [-0.39, 0.29) is 5.78 Å². The summed E-state index contributed by atoms with van der Waals surface area (Å²) in [7, 11) is 0. The van der Waals surface area contributed by atoms with Gasteiger partial charge in [-0.25, -0.2) is 4.98 Å². The number of aromatic nitrogens is 1. The molecule has 0 saturated heterocycles. The van der Waals surface area contributed by atoms with E-state index in [2.05, 4.69) is 20.9 Å². The molecule has 0 amide bonds. The van der Waals surface area contributed by atoms with Crippen LogP contribution in [-0.4, -0.2) is 16.1 Å².